The smallest absolute Gasteiger partial charge is 0.407 e. The molecular weight excluding hydrogens is 249 g/mol. The third-order valence-electron chi connectivity index (χ3n) is 2.53. The van der Waals surface area contributed by atoms with Crippen molar-refractivity contribution in [1.29, 1.82) is 0 Å². The molecule has 0 radical (unpaired) electrons. The molecule has 1 aliphatic rings. The zero-order valence-electron chi connectivity index (χ0n) is 8.83. The first kappa shape index (κ1) is 13.1. The van der Waals surface area contributed by atoms with Crippen molar-refractivity contribution in [1.82, 2.24) is 5.32 Å². The third kappa shape index (κ3) is 2.80. The number of aryl methyl sites for hydroxylation is 1. The van der Waals surface area contributed by atoms with E-state index < -0.39 is 0 Å². The van der Waals surface area contributed by atoms with Crippen molar-refractivity contribution in [3.63, 3.8) is 0 Å². The normalized spacial score (nSPS) is 19.4. The predicted molar refractivity (Wildman–Crippen MR) is 65.3 cm³/mol. The molecule has 1 N–H and O–H groups in total. The monoisotopic (exact) mass is 261 g/mol. The zero-order valence-corrected chi connectivity index (χ0v) is 10.4. The summed E-state index contributed by atoms with van der Waals surface area (Å²) in [6, 6.07) is 5.86. The Morgan fingerprint density at radius 3 is 2.88 bits per heavy atom. The van der Waals surface area contributed by atoms with Crippen molar-refractivity contribution in [3.8, 4) is 0 Å². The third-order valence-corrected chi connectivity index (χ3v) is 2.94. The number of benzene rings is 1. The van der Waals surface area contributed by atoms with Crippen LogP contribution >= 0.6 is 24.0 Å². The van der Waals surface area contributed by atoms with Crippen molar-refractivity contribution >= 4 is 30.1 Å². The molecule has 0 bridgehead atoms. The first-order valence-electron chi connectivity index (χ1n) is 4.86. The molecule has 1 aromatic carbocycles. The van der Waals surface area contributed by atoms with E-state index in [4.69, 9.17) is 16.3 Å². The Morgan fingerprint density at radius 2 is 2.25 bits per heavy atom. The number of hydrogen-bond acceptors (Lipinski definition) is 2. The van der Waals surface area contributed by atoms with E-state index >= 15 is 0 Å². The molecule has 1 atom stereocenters. The standard InChI is InChI=1S/C11H12ClNO2.ClH/c1-7-2-3-8(6-9(7)12)10-4-5-15-11(14)13-10;/h2-3,6,10H,4-5H2,1H3,(H,13,14);1H/t10-;/m1./s1. The van der Waals surface area contributed by atoms with E-state index in [2.05, 4.69) is 5.32 Å². The molecule has 1 aromatic rings. The molecule has 1 amide bonds. The Morgan fingerprint density at radius 1 is 1.50 bits per heavy atom. The van der Waals surface area contributed by atoms with Gasteiger partial charge in [0.05, 0.1) is 12.6 Å². The van der Waals surface area contributed by atoms with Crippen molar-refractivity contribution in [3.05, 3.63) is 34.3 Å². The van der Waals surface area contributed by atoms with E-state index in [-0.39, 0.29) is 24.5 Å². The van der Waals surface area contributed by atoms with Crippen LogP contribution < -0.4 is 5.32 Å². The second kappa shape index (κ2) is 5.41. The van der Waals surface area contributed by atoms with E-state index in [0.29, 0.717) is 6.61 Å². The van der Waals surface area contributed by atoms with Gasteiger partial charge in [0.15, 0.2) is 0 Å². The Bertz CT molecular complexity index is 396. The van der Waals surface area contributed by atoms with Crippen LogP contribution in [0.3, 0.4) is 0 Å². The highest BCUT2D eigenvalue weighted by Gasteiger charge is 2.20. The Kier molecular flexibility index (Phi) is 4.44. The second-order valence-electron chi connectivity index (χ2n) is 3.63. The number of carbonyl (C=O) groups is 1. The van der Waals surface area contributed by atoms with E-state index in [1.54, 1.807) is 0 Å². The maximum absolute atomic E-state index is 11.0. The fourth-order valence-electron chi connectivity index (χ4n) is 1.60. The average molecular weight is 262 g/mol. The Balaban J connectivity index is 0.00000128. The number of carbonyl (C=O) groups excluding carboxylic acids is 1. The summed E-state index contributed by atoms with van der Waals surface area (Å²) in [5.41, 5.74) is 2.07. The predicted octanol–water partition coefficient (Wildman–Crippen LogP) is 3.24. The highest BCUT2D eigenvalue weighted by Crippen LogP contribution is 2.24. The minimum Gasteiger partial charge on any atom is -0.449 e. The van der Waals surface area contributed by atoms with Crippen LogP contribution in [0, 0.1) is 6.92 Å². The highest BCUT2D eigenvalue weighted by atomic mass is 35.5. The Hall–Kier alpha value is -0.930. The lowest BCUT2D eigenvalue weighted by Crippen LogP contribution is -2.35. The summed E-state index contributed by atoms with van der Waals surface area (Å²) < 4.78 is 4.80. The van der Waals surface area contributed by atoms with Gasteiger partial charge in [0, 0.05) is 11.4 Å². The van der Waals surface area contributed by atoms with Crippen molar-refractivity contribution in [2.24, 2.45) is 0 Å². The summed E-state index contributed by atoms with van der Waals surface area (Å²) >= 11 is 6.03. The van der Waals surface area contributed by atoms with E-state index in [1.807, 2.05) is 25.1 Å². The highest BCUT2D eigenvalue weighted by molar-refractivity contribution is 6.31. The molecule has 16 heavy (non-hydrogen) atoms. The number of rotatable bonds is 1. The summed E-state index contributed by atoms with van der Waals surface area (Å²) in [5.74, 6) is 0. The molecule has 3 nitrogen and oxygen atoms in total. The first-order chi connectivity index (χ1) is 7.16. The molecule has 88 valence electrons. The van der Waals surface area contributed by atoms with E-state index in [9.17, 15) is 4.79 Å². The summed E-state index contributed by atoms with van der Waals surface area (Å²) in [7, 11) is 0. The van der Waals surface area contributed by atoms with Gasteiger partial charge >= 0.3 is 6.09 Å². The molecule has 0 aliphatic carbocycles. The lowest BCUT2D eigenvalue weighted by molar-refractivity contribution is 0.115. The van der Waals surface area contributed by atoms with Gasteiger partial charge in [-0.05, 0) is 24.1 Å². The molecule has 5 heteroatoms. The van der Waals surface area contributed by atoms with Gasteiger partial charge in [-0.3, -0.25) is 0 Å². The van der Waals surface area contributed by atoms with Crippen LogP contribution in [0.5, 0.6) is 0 Å². The molecule has 2 rings (SSSR count). The summed E-state index contributed by atoms with van der Waals surface area (Å²) in [4.78, 5) is 11.0. The number of hydrogen-bond donors (Lipinski definition) is 1. The van der Waals surface area contributed by atoms with Crippen LogP contribution in [-0.2, 0) is 4.74 Å². The topological polar surface area (TPSA) is 38.3 Å². The number of alkyl carbamates (subject to hydrolysis) is 1. The van der Waals surface area contributed by atoms with Crippen LogP contribution in [0.15, 0.2) is 18.2 Å². The largest absolute Gasteiger partial charge is 0.449 e. The van der Waals surface area contributed by atoms with Crippen LogP contribution in [0.2, 0.25) is 5.02 Å². The van der Waals surface area contributed by atoms with Crippen LogP contribution in [0.25, 0.3) is 0 Å². The molecule has 1 heterocycles. The van der Waals surface area contributed by atoms with Gasteiger partial charge in [0.25, 0.3) is 0 Å². The second-order valence-corrected chi connectivity index (χ2v) is 4.04. The lowest BCUT2D eigenvalue weighted by atomic mass is 10.0. The maximum atomic E-state index is 11.0. The van der Waals surface area contributed by atoms with Gasteiger partial charge in [-0.2, -0.15) is 0 Å². The van der Waals surface area contributed by atoms with Crippen molar-refractivity contribution in [2.75, 3.05) is 6.61 Å². The van der Waals surface area contributed by atoms with Crippen molar-refractivity contribution < 1.29 is 9.53 Å². The van der Waals surface area contributed by atoms with Gasteiger partial charge in [0.2, 0.25) is 0 Å². The molecular formula is C11H13Cl2NO2. The fourth-order valence-corrected chi connectivity index (χ4v) is 1.79. The van der Waals surface area contributed by atoms with Gasteiger partial charge in [-0.1, -0.05) is 23.7 Å². The van der Waals surface area contributed by atoms with Crippen molar-refractivity contribution in [2.45, 2.75) is 19.4 Å². The summed E-state index contributed by atoms with van der Waals surface area (Å²) in [6.07, 6.45) is 0.424. The molecule has 0 spiro atoms. The lowest BCUT2D eigenvalue weighted by Gasteiger charge is -2.23. The molecule has 0 saturated carbocycles. The van der Waals surface area contributed by atoms with Crippen LogP contribution in [0.4, 0.5) is 4.79 Å². The number of cyclic esters (lactones) is 1. The quantitative estimate of drug-likeness (QED) is 0.843. The van der Waals surface area contributed by atoms with Gasteiger partial charge in [-0.25, -0.2) is 4.79 Å². The van der Waals surface area contributed by atoms with Gasteiger partial charge < -0.3 is 10.1 Å². The molecule has 0 unspecified atom stereocenters. The minimum atomic E-state index is -0.358. The molecule has 1 saturated heterocycles. The minimum absolute atomic E-state index is 0. The molecule has 1 aliphatic heterocycles. The maximum Gasteiger partial charge on any atom is 0.407 e. The number of amides is 1. The van der Waals surface area contributed by atoms with E-state index in [1.165, 1.54) is 0 Å². The number of halogens is 2. The summed E-state index contributed by atoms with van der Waals surface area (Å²) in [6.45, 7) is 2.41. The van der Waals surface area contributed by atoms with Crippen LogP contribution in [0.1, 0.15) is 23.6 Å². The molecule has 1 fully saturated rings. The first-order valence-corrected chi connectivity index (χ1v) is 5.24. The number of nitrogens with one attached hydrogen (secondary N) is 1. The Labute approximate surface area is 106 Å². The van der Waals surface area contributed by atoms with Gasteiger partial charge in [-0.15, -0.1) is 12.4 Å². The van der Waals surface area contributed by atoms with Gasteiger partial charge in [0.1, 0.15) is 0 Å². The molecule has 0 aromatic heterocycles. The fraction of sp³-hybridized carbons (Fsp3) is 0.364. The average Bonchev–Trinajstić information content (AvgIpc) is 2.22. The SMILES string of the molecule is Cc1ccc([C@H]2CCOC(=O)N2)cc1Cl.Cl. The zero-order chi connectivity index (χ0) is 10.8. The van der Waals surface area contributed by atoms with E-state index in [0.717, 1.165) is 22.6 Å². The summed E-state index contributed by atoms with van der Waals surface area (Å²) in [5, 5.41) is 3.49. The number of ether oxygens (including phenoxy) is 1. The van der Waals surface area contributed by atoms with Crippen LogP contribution in [-0.4, -0.2) is 12.7 Å².